The number of aryl methyl sites for hydroxylation is 1. The molecule has 0 unspecified atom stereocenters. The summed E-state index contributed by atoms with van der Waals surface area (Å²) >= 11 is 7.14. The van der Waals surface area contributed by atoms with E-state index in [0.29, 0.717) is 15.0 Å². The minimum Gasteiger partial charge on any atom is -0.494 e. The summed E-state index contributed by atoms with van der Waals surface area (Å²) in [4.78, 5) is 31.4. The Labute approximate surface area is 218 Å². The van der Waals surface area contributed by atoms with E-state index in [9.17, 15) is 27.2 Å². The third-order valence-electron chi connectivity index (χ3n) is 5.75. The summed E-state index contributed by atoms with van der Waals surface area (Å²) in [5.74, 6) is -0.824. The first-order chi connectivity index (χ1) is 18.1. The quantitative estimate of drug-likeness (QED) is 0.304. The first-order valence-corrected chi connectivity index (χ1v) is 11.9. The minimum absolute atomic E-state index is 0.00304. The first kappa shape index (κ1) is 25.4. The number of benzene rings is 1. The van der Waals surface area contributed by atoms with E-state index in [1.165, 1.54) is 19.2 Å². The highest BCUT2D eigenvalue weighted by atomic mass is 35.5. The van der Waals surface area contributed by atoms with Crippen LogP contribution in [0, 0.1) is 17.1 Å². The smallest absolute Gasteiger partial charge is 0.433 e. The Morgan fingerprint density at radius 2 is 2.00 bits per heavy atom. The van der Waals surface area contributed by atoms with Gasteiger partial charge in [0.25, 0.3) is 5.56 Å². The topological polar surface area (TPSA) is 119 Å². The lowest BCUT2D eigenvalue weighted by Crippen LogP contribution is -2.38. The number of alkyl halides is 3. The van der Waals surface area contributed by atoms with E-state index in [1.807, 2.05) is 11.2 Å². The van der Waals surface area contributed by atoms with Gasteiger partial charge >= 0.3 is 11.9 Å². The normalized spacial score (nSPS) is 11.8. The second-order valence-corrected chi connectivity index (χ2v) is 9.38. The zero-order valence-corrected chi connectivity index (χ0v) is 20.6. The van der Waals surface area contributed by atoms with Crippen LogP contribution in [0.3, 0.4) is 0 Å². The van der Waals surface area contributed by atoms with Gasteiger partial charge in [-0.05, 0) is 18.2 Å². The SMILES string of the molecule is COc1cc(-c2cc3c(s2)c(=O)n(-c2cncc4n[nH]c(C(F)(F)F)c24)c(=O)n3CCC#N)c(Cl)cc1F. The van der Waals surface area contributed by atoms with Gasteiger partial charge in [-0.1, -0.05) is 11.6 Å². The Hall–Kier alpha value is -4.22. The number of nitrogens with zero attached hydrogens (tertiary/aromatic N) is 5. The van der Waals surface area contributed by atoms with E-state index >= 15 is 0 Å². The molecule has 0 atom stereocenters. The molecule has 15 heteroatoms. The van der Waals surface area contributed by atoms with Crippen LogP contribution in [0.5, 0.6) is 5.75 Å². The third kappa shape index (κ3) is 4.00. The highest BCUT2D eigenvalue weighted by Crippen LogP contribution is 2.39. The van der Waals surface area contributed by atoms with Gasteiger partial charge in [0.15, 0.2) is 11.6 Å². The van der Waals surface area contributed by atoms with Crippen LogP contribution in [0.15, 0.2) is 40.2 Å². The van der Waals surface area contributed by atoms with Crippen LogP contribution >= 0.6 is 22.9 Å². The number of methoxy groups -OCH3 is 1. The highest BCUT2D eigenvalue weighted by molar-refractivity contribution is 7.22. The highest BCUT2D eigenvalue weighted by Gasteiger charge is 2.37. The number of hydrogen-bond donors (Lipinski definition) is 1. The molecular weight excluding hydrogens is 552 g/mol. The predicted molar refractivity (Wildman–Crippen MR) is 131 cm³/mol. The summed E-state index contributed by atoms with van der Waals surface area (Å²) < 4.78 is 62.0. The fraction of sp³-hybridized carbons (Fsp3) is 0.174. The molecule has 0 fully saturated rings. The Bertz CT molecular complexity index is 1900. The van der Waals surface area contributed by atoms with Gasteiger partial charge in [-0.3, -0.25) is 19.4 Å². The molecule has 0 bridgehead atoms. The molecule has 9 nitrogen and oxygen atoms in total. The van der Waals surface area contributed by atoms with Crippen LogP contribution in [0.2, 0.25) is 5.02 Å². The number of halogens is 5. The van der Waals surface area contributed by atoms with Gasteiger partial charge in [0.2, 0.25) is 0 Å². The Morgan fingerprint density at radius 3 is 2.68 bits per heavy atom. The van der Waals surface area contributed by atoms with Crippen LogP contribution in [0.25, 0.3) is 37.2 Å². The summed E-state index contributed by atoms with van der Waals surface area (Å²) in [7, 11) is 1.26. The van der Waals surface area contributed by atoms with Crippen molar-refractivity contribution in [2.24, 2.45) is 0 Å². The maximum atomic E-state index is 14.1. The van der Waals surface area contributed by atoms with Crippen molar-refractivity contribution in [3.8, 4) is 27.9 Å². The predicted octanol–water partition coefficient (Wildman–Crippen LogP) is 4.89. The zero-order chi connectivity index (χ0) is 27.4. The average Bonchev–Trinajstić information content (AvgIpc) is 3.50. The number of rotatable bonds is 5. The summed E-state index contributed by atoms with van der Waals surface area (Å²) in [6.07, 6.45) is -2.97. The average molecular weight is 565 g/mol. The summed E-state index contributed by atoms with van der Waals surface area (Å²) in [5, 5.41) is 14.1. The molecule has 0 aliphatic heterocycles. The third-order valence-corrected chi connectivity index (χ3v) is 7.20. The minimum atomic E-state index is -4.87. The van der Waals surface area contributed by atoms with Crippen LogP contribution in [0.1, 0.15) is 12.1 Å². The molecule has 4 aromatic heterocycles. The number of fused-ring (bicyclic) bond motifs is 2. The molecule has 0 aliphatic rings. The Balaban J connectivity index is 1.87. The molecule has 0 saturated heterocycles. The van der Waals surface area contributed by atoms with Gasteiger partial charge in [0, 0.05) is 17.0 Å². The van der Waals surface area contributed by atoms with Gasteiger partial charge in [-0.15, -0.1) is 11.3 Å². The number of nitrogens with one attached hydrogen (secondary N) is 1. The van der Waals surface area contributed by atoms with Crippen molar-refractivity contribution in [3.63, 3.8) is 0 Å². The van der Waals surface area contributed by atoms with Crippen molar-refractivity contribution < 1.29 is 22.3 Å². The molecule has 194 valence electrons. The summed E-state index contributed by atoms with van der Waals surface area (Å²) in [5.41, 5.74) is -3.35. The molecular formula is C23H13ClF4N6O3S. The molecule has 0 saturated carbocycles. The fourth-order valence-corrected chi connectivity index (χ4v) is 5.50. The van der Waals surface area contributed by atoms with Crippen molar-refractivity contribution >= 4 is 44.1 Å². The maximum Gasteiger partial charge on any atom is 0.433 e. The van der Waals surface area contributed by atoms with Gasteiger partial charge < -0.3 is 4.74 Å². The lowest BCUT2D eigenvalue weighted by atomic mass is 10.1. The summed E-state index contributed by atoms with van der Waals surface area (Å²) in [6.45, 7) is -0.163. The second-order valence-electron chi connectivity index (χ2n) is 7.92. The van der Waals surface area contributed by atoms with Crippen LogP contribution in [-0.4, -0.2) is 31.4 Å². The standard InChI is InChI=1S/C23H13ClF4N6O3S/c1-37-16-5-10(11(24)6-12(16)25)17-7-14-19(38-17)21(35)34(22(36)33(14)4-2-3-29)15-9-30-8-13-18(15)20(32-31-13)23(26,27)28/h5-9H,2,4H2,1H3,(H,31,32). The molecule has 5 aromatic rings. The lowest BCUT2D eigenvalue weighted by molar-refractivity contribution is -0.139. The number of hydrogen-bond acceptors (Lipinski definition) is 7. The summed E-state index contributed by atoms with van der Waals surface area (Å²) in [6, 6.07) is 5.74. The fourth-order valence-electron chi connectivity index (χ4n) is 4.07. The molecule has 0 radical (unpaired) electrons. The lowest BCUT2D eigenvalue weighted by Gasteiger charge is -2.12. The molecule has 1 aromatic carbocycles. The Morgan fingerprint density at radius 1 is 1.24 bits per heavy atom. The number of aromatic nitrogens is 5. The van der Waals surface area contributed by atoms with E-state index in [0.717, 1.165) is 34.4 Å². The number of thiophene rings is 1. The second kappa shape index (κ2) is 9.26. The molecule has 0 spiro atoms. The number of ether oxygens (including phenoxy) is 1. The maximum absolute atomic E-state index is 14.1. The van der Waals surface area contributed by atoms with Gasteiger partial charge in [-0.2, -0.15) is 23.5 Å². The van der Waals surface area contributed by atoms with Crippen LogP contribution < -0.4 is 16.0 Å². The van der Waals surface area contributed by atoms with Crippen molar-refractivity contribution in [1.29, 1.82) is 5.26 Å². The molecule has 5 rings (SSSR count). The van der Waals surface area contributed by atoms with Crippen molar-refractivity contribution in [3.05, 3.63) is 68.0 Å². The van der Waals surface area contributed by atoms with Crippen molar-refractivity contribution in [2.45, 2.75) is 19.1 Å². The van der Waals surface area contributed by atoms with E-state index in [4.69, 9.17) is 21.6 Å². The molecule has 0 amide bonds. The zero-order valence-electron chi connectivity index (χ0n) is 19.1. The molecule has 4 heterocycles. The number of H-pyrrole nitrogens is 1. The van der Waals surface area contributed by atoms with E-state index < -0.39 is 40.0 Å². The van der Waals surface area contributed by atoms with Gasteiger partial charge in [0.05, 0.1) is 53.6 Å². The first-order valence-electron chi connectivity index (χ1n) is 10.7. The Kier molecular flexibility index (Phi) is 6.20. The molecule has 38 heavy (non-hydrogen) atoms. The largest absolute Gasteiger partial charge is 0.494 e. The monoisotopic (exact) mass is 564 g/mol. The number of nitriles is 1. The number of aromatic amines is 1. The van der Waals surface area contributed by atoms with Crippen molar-refractivity contribution in [2.75, 3.05) is 7.11 Å². The van der Waals surface area contributed by atoms with Crippen LogP contribution in [-0.2, 0) is 12.7 Å². The van der Waals surface area contributed by atoms with Crippen molar-refractivity contribution in [1.82, 2.24) is 24.3 Å². The van der Waals surface area contributed by atoms with E-state index in [-0.39, 0.29) is 39.5 Å². The van der Waals surface area contributed by atoms with E-state index in [1.54, 1.807) is 0 Å². The molecule has 0 aliphatic carbocycles. The van der Waals surface area contributed by atoms with Gasteiger partial charge in [-0.25, -0.2) is 13.8 Å². The number of pyridine rings is 1. The molecule has 1 N–H and O–H groups in total. The van der Waals surface area contributed by atoms with Crippen LogP contribution in [0.4, 0.5) is 17.6 Å². The van der Waals surface area contributed by atoms with E-state index in [2.05, 4.69) is 10.1 Å². The van der Waals surface area contributed by atoms with Gasteiger partial charge in [0.1, 0.15) is 15.9 Å².